The van der Waals surface area contributed by atoms with Gasteiger partial charge in [-0.15, -0.1) is 0 Å². The summed E-state index contributed by atoms with van der Waals surface area (Å²) in [6.07, 6.45) is 0. The van der Waals surface area contributed by atoms with Crippen LogP contribution in [0.5, 0.6) is 0 Å². The van der Waals surface area contributed by atoms with Gasteiger partial charge in [-0.2, -0.15) is 0 Å². The Morgan fingerprint density at radius 1 is 0.170 bits per heavy atom. The molecule has 4 nitrogen and oxygen atoms in total. The number of fused-ring (bicyclic) bond motifs is 10. The molecule has 20 aromatic rings. The van der Waals surface area contributed by atoms with Crippen LogP contribution in [0, 0.1) is 13.8 Å². The molecule has 500 valence electrons. The third kappa shape index (κ3) is 11.1. The lowest BCUT2D eigenvalue weighted by molar-refractivity contribution is 1.18. The molecule has 0 fully saturated rings. The van der Waals surface area contributed by atoms with Crippen LogP contribution in [0.2, 0.25) is 0 Å². The van der Waals surface area contributed by atoms with E-state index in [1.54, 1.807) is 0 Å². The van der Waals surface area contributed by atoms with Crippen LogP contribution in [0.1, 0.15) is 11.1 Å². The van der Waals surface area contributed by atoms with Crippen molar-refractivity contribution in [3.63, 3.8) is 0 Å². The number of rotatable bonds is 12. The molecule has 2 aromatic heterocycles. The average Bonchev–Trinajstić information content (AvgIpc) is 1.72. The molecule has 2 heterocycles. The van der Waals surface area contributed by atoms with Gasteiger partial charge in [-0.25, -0.2) is 0 Å². The molecule has 0 spiro atoms. The van der Waals surface area contributed by atoms with Gasteiger partial charge in [0, 0.05) is 67.0 Å². The number of benzene rings is 18. The first-order valence-corrected chi connectivity index (χ1v) is 36.6. The second kappa shape index (κ2) is 26.9. The van der Waals surface area contributed by atoms with Crippen molar-refractivity contribution in [2.75, 3.05) is 9.80 Å². The fourth-order valence-corrected chi connectivity index (χ4v) is 16.6. The predicted octanol–water partition coefficient (Wildman–Crippen LogP) is 28.4. The second-order valence-electron chi connectivity index (χ2n) is 27.6. The lowest BCUT2D eigenvalue weighted by atomic mass is 9.86. The van der Waals surface area contributed by atoms with Crippen molar-refractivity contribution in [3.05, 3.63) is 412 Å². The van der Waals surface area contributed by atoms with E-state index in [4.69, 9.17) is 0 Å². The third-order valence-corrected chi connectivity index (χ3v) is 21.2. The highest BCUT2D eigenvalue weighted by Crippen LogP contribution is 2.49. The van der Waals surface area contributed by atoms with Crippen molar-refractivity contribution in [2.45, 2.75) is 13.8 Å². The summed E-state index contributed by atoms with van der Waals surface area (Å²) < 4.78 is 4.76. The number of hydrogen-bond acceptors (Lipinski definition) is 2. The van der Waals surface area contributed by atoms with E-state index in [0.717, 1.165) is 45.5 Å². The van der Waals surface area contributed by atoms with Crippen LogP contribution in [0.3, 0.4) is 0 Å². The lowest BCUT2D eigenvalue weighted by Gasteiger charge is -2.26. The Kier molecular flexibility index (Phi) is 16.0. The lowest BCUT2D eigenvalue weighted by Crippen LogP contribution is -2.09. The maximum atomic E-state index is 2.38. The molecule has 18 aromatic carbocycles. The SMILES string of the molecule is Cc1ccc2c(c1)c1cc(N(c3ccccc3)c3ccc(-c4c5ccccc5c(-c5ccccc5)c5ccccc45)cc3)ccc1n2-c1ccccc1.Cc1ccc2c(c1)c1cc(N(c3ccccc3)c3ccc(-c4c5ccccc5c(-c5ccccc5)c5ccccc45)cc3)ccc1n2-c1ccccc1. The van der Waals surface area contributed by atoms with Crippen molar-refractivity contribution in [2.24, 2.45) is 0 Å². The molecule has 0 atom stereocenters. The number of aromatic nitrogens is 2. The summed E-state index contributed by atoms with van der Waals surface area (Å²) in [4.78, 5) is 4.75. The standard InChI is InChI=1S/2C51H36N2/c2*1-35-25-31-48-46(33-35)47-34-41(30-32-49(47)53(48)39-19-9-4-10-20-39)52(38-17-7-3-8-18-38)40-28-26-37(27-29-40)51-44-23-13-11-21-42(44)50(36-15-5-2-6-16-36)43-22-12-14-24-45(43)51/h2*2-34H,1H3. The van der Waals surface area contributed by atoms with Crippen LogP contribution < -0.4 is 9.80 Å². The number of nitrogens with zero attached hydrogens (tertiary/aromatic N) is 4. The molecule has 0 N–H and O–H groups in total. The quantitative estimate of drug-likeness (QED) is 0.113. The van der Waals surface area contributed by atoms with E-state index in [2.05, 4.69) is 433 Å². The number of para-hydroxylation sites is 4. The first kappa shape index (κ1) is 63.1. The summed E-state index contributed by atoms with van der Waals surface area (Å²) >= 11 is 0. The number of hydrogen-bond donors (Lipinski definition) is 0. The molecular formula is C102H72N4. The molecule has 20 rings (SSSR count). The highest BCUT2D eigenvalue weighted by Gasteiger charge is 2.24. The topological polar surface area (TPSA) is 16.3 Å². The first-order chi connectivity index (χ1) is 52.5. The highest BCUT2D eigenvalue weighted by atomic mass is 15.1. The number of anilines is 6. The molecular weight excluding hydrogens is 1280 g/mol. The van der Waals surface area contributed by atoms with Crippen LogP contribution in [-0.2, 0) is 0 Å². The van der Waals surface area contributed by atoms with E-state index in [1.807, 2.05) is 0 Å². The minimum absolute atomic E-state index is 1.11. The van der Waals surface area contributed by atoms with Crippen LogP contribution in [0.25, 0.3) is 143 Å². The fourth-order valence-electron chi connectivity index (χ4n) is 16.6. The van der Waals surface area contributed by atoms with Crippen LogP contribution in [0.15, 0.2) is 400 Å². The molecule has 0 bridgehead atoms. The van der Waals surface area contributed by atoms with Crippen molar-refractivity contribution in [3.8, 4) is 55.9 Å². The molecule has 0 amide bonds. The molecule has 0 saturated carbocycles. The van der Waals surface area contributed by atoms with E-state index in [1.165, 1.54) is 142 Å². The van der Waals surface area contributed by atoms with E-state index >= 15 is 0 Å². The Labute approximate surface area is 617 Å². The van der Waals surface area contributed by atoms with Crippen molar-refractivity contribution in [1.82, 2.24) is 9.13 Å². The van der Waals surface area contributed by atoms with Gasteiger partial charge in [0.1, 0.15) is 0 Å². The summed E-state index contributed by atoms with van der Waals surface area (Å²) in [7, 11) is 0. The average molecular weight is 1350 g/mol. The summed E-state index contributed by atoms with van der Waals surface area (Å²) in [5.41, 5.74) is 26.3. The van der Waals surface area contributed by atoms with Crippen molar-refractivity contribution >= 4 is 121 Å². The fraction of sp³-hybridized carbons (Fsp3) is 0.0196. The zero-order valence-corrected chi connectivity index (χ0v) is 58.9. The molecule has 0 aliphatic heterocycles. The van der Waals surface area contributed by atoms with Gasteiger partial charge in [-0.05, 0) is 235 Å². The minimum Gasteiger partial charge on any atom is -0.310 e. The Hall–Kier alpha value is -13.8. The van der Waals surface area contributed by atoms with Gasteiger partial charge in [0.15, 0.2) is 0 Å². The molecule has 0 radical (unpaired) electrons. The van der Waals surface area contributed by atoms with Gasteiger partial charge in [0.25, 0.3) is 0 Å². The summed E-state index contributed by atoms with van der Waals surface area (Å²) in [6, 6.07) is 145. The third-order valence-electron chi connectivity index (χ3n) is 21.2. The normalized spacial score (nSPS) is 11.5. The molecule has 0 saturated heterocycles. The zero-order valence-electron chi connectivity index (χ0n) is 58.9. The predicted molar refractivity (Wildman–Crippen MR) is 452 cm³/mol. The summed E-state index contributed by atoms with van der Waals surface area (Å²) in [5.74, 6) is 0. The van der Waals surface area contributed by atoms with Gasteiger partial charge in [-0.1, -0.05) is 278 Å². The van der Waals surface area contributed by atoms with Crippen LogP contribution in [0.4, 0.5) is 34.1 Å². The Bertz CT molecular complexity index is 6140. The smallest absolute Gasteiger partial charge is 0.0542 e. The second-order valence-corrected chi connectivity index (χ2v) is 27.6. The molecule has 4 heteroatoms. The van der Waals surface area contributed by atoms with Gasteiger partial charge in [0.05, 0.1) is 22.1 Å². The van der Waals surface area contributed by atoms with E-state index in [9.17, 15) is 0 Å². The molecule has 106 heavy (non-hydrogen) atoms. The molecule has 0 aliphatic carbocycles. The maximum absolute atomic E-state index is 2.38. The van der Waals surface area contributed by atoms with Gasteiger partial charge >= 0.3 is 0 Å². The Morgan fingerprint density at radius 2 is 0.387 bits per heavy atom. The molecule has 0 unspecified atom stereocenters. The van der Waals surface area contributed by atoms with E-state index in [-0.39, 0.29) is 0 Å². The zero-order chi connectivity index (χ0) is 70.6. The summed E-state index contributed by atoms with van der Waals surface area (Å²) in [6.45, 7) is 4.35. The van der Waals surface area contributed by atoms with Gasteiger partial charge in [0.2, 0.25) is 0 Å². The molecule has 0 aliphatic rings. The van der Waals surface area contributed by atoms with Crippen LogP contribution in [-0.4, -0.2) is 9.13 Å². The highest BCUT2D eigenvalue weighted by molar-refractivity contribution is 6.23. The van der Waals surface area contributed by atoms with Crippen molar-refractivity contribution < 1.29 is 0 Å². The van der Waals surface area contributed by atoms with Gasteiger partial charge in [-0.3, -0.25) is 0 Å². The minimum atomic E-state index is 1.11. The van der Waals surface area contributed by atoms with E-state index < -0.39 is 0 Å². The Morgan fingerprint density at radius 3 is 0.679 bits per heavy atom. The van der Waals surface area contributed by atoms with Gasteiger partial charge < -0.3 is 18.9 Å². The first-order valence-electron chi connectivity index (χ1n) is 36.6. The van der Waals surface area contributed by atoms with E-state index in [0.29, 0.717) is 0 Å². The largest absolute Gasteiger partial charge is 0.310 e. The van der Waals surface area contributed by atoms with Crippen LogP contribution >= 0.6 is 0 Å². The monoisotopic (exact) mass is 1350 g/mol. The maximum Gasteiger partial charge on any atom is 0.0542 e. The van der Waals surface area contributed by atoms with Crippen molar-refractivity contribution in [1.29, 1.82) is 0 Å². The summed E-state index contributed by atoms with van der Waals surface area (Å²) in [5, 5.41) is 15.1. The Balaban J connectivity index is 0.000000145. The number of aryl methyl sites for hydroxylation is 2.